The molecule has 2 fully saturated rings. The van der Waals surface area contributed by atoms with E-state index < -0.39 is 0 Å². The van der Waals surface area contributed by atoms with E-state index in [2.05, 4.69) is 4.90 Å². The zero-order valence-electron chi connectivity index (χ0n) is 15.6. The number of piperidine rings is 1. The third-order valence-electron chi connectivity index (χ3n) is 6.32. The summed E-state index contributed by atoms with van der Waals surface area (Å²) >= 11 is 12.5. The molecule has 2 aromatic rings. The molecule has 5 nitrogen and oxygen atoms in total. The van der Waals surface area contributed by atoms with Crippen LogP contribution in [0.15, 0.2) is 23.0 Å². The molecular weight excluding hydrogens is 383 g/mol. The first kappa shape index (κ1) is 18.8. The fraction of sp³-hybridized carbons (Fsp3) is 0.500. The van der Waals surface area contributed by atoms with E-state index in [9.17, 15) is 4.79 Å². The molecule has 1 spiro atoms. The largest absolute Gasteiger partial charge is 0.356 e. The fourth-order valence-electron chi connectivity index (χ4n) is 4.50. The fourth-order valence-corrected chi connectivity index (χ4v) is 4.88. The van der Waals surface area contributed by atoms with Gasteiger partial charge in [-0.3, -0.25) is 9.36 Å². The van der Waals surface area contributed by atoms with Crippen LogP contribution in [-0.4, -0.2) is 29.2 Å². The Morgan fingerprint density at radius 1 is 1.26 bits per heavy atom. The summed E-state index contributed by atoms with van der Waals surface area (Å²) in [7, 11) is 0. The van der Waals surface area contributed by atoms with E-state index in [-0.39, 0.29) is 5.56 Å². The molecule has 2 aliphatic rings. The standard InChI is InChI=1S/C20H24Cl2N4O/c1-12-18(25-8-6-20(7-9-25)10-14(20)11-23)24-13(2)26(19(12)27)16-5-3-4-15(21)17(16)22/h3-5,14H,6-11,23H2,1-2H3. The highest BCUT2D eigenvalue weighted by molar-refractivity contribution is 6.43. The van der Waals surface area contributed by atoms with Crippen molar-refractivity contribution in [2.75, 3.05) is 24.5 Å². The lowest BCUT2D eigenvalue weighted by Gasteiger charge is -2.34. The van der Waals surface area contributed by atoms with E-state index in [4.69, 9.17) is 33.9 Å². The number of rotatable bonds is 3. The van der Waals surface area contributed by atoms with Gasteiger partial charge in [-0.1, -0.05) is 29.3 Å². The van der Waals surface area contributed by atoms with E-state index in [0.717, 1.165) is 38.3 Å². The number of benzene rings is 1. The topological polar surface area (TPSA) is 64.2 Å². The van der Waals surface area contributed by atoms with Crippen LogP contribution in [0.5, 0.6) is 0 Å². The number of hydrogen-bond acceptors (Lipinski definition) is 4. The molecule has 1 aliphatic heterocycles. The van der Waals surface area contributed by atoms with Gasteiger partial charge in [-0.05, 0) is 63.1 Å². The van der Waals surface area contributed by atoms with Gasteiger partial charge in [-0.15, -0.1) is 0 Å². The molecule has 1 atom stereocenters. The number of aromatic nitrogens is 2. The van der Waals surface area contributed by atoms with Gasteiger partial charge >= 0.3 is 0 Å². The Labute approximate surface area is 169 Å². The molecule has 2 N–H and O–H groups in total. The Bertz CT molecular complexity index is 948. The summed E-state index contributed by atoms with van der Waals surface area (Å²) in [6, 6.07) is 5.28. The third-order valence-corrected chi connectivity index (χ3v) is 7.13. The van der Waals surface area contributed by atoms with Crippen LogP contribution in [0, 0.1) is 25.2 Å². The van der Waals surface area contributed by atoms with Crippen molar-refractivity contribution in [3.05, 3.63) is 50.0 Å². The van der Waals surface area contributed by atoms with E-state index in [0.29, 0.717) is 38.5 Å². The van der Waals surface area contributed by atoms with Crippen molar-refractivity contribution in [1.82, 2.24) is 9.55 Å². The number of hydrogen-bond donors (Lipinski definition) is 1. The maximum absolute atomic E-state index is 13.1. The Morgan fingerprint density at radius 2 is 1.96 bits per heavy atom. The molecule has 1 aromatic carbocycles. The van der Waals surface area contributed by atoms with Gasteiger partial charge in [-0.25, -0.2) is 4.98 Å². The van der Waals surface area contributed by atoms with E-state index >= 15 is 0 Å². The maximum Gasteiger partial charge on any atom is 0.263 e. The van der Waals surface area contributed by atoms with Crippen LogP contribution in [0.4, 0.5) is 5.82 Å². The molecule has 144 valence electrons. The highest BCUT2D eigenvalue weighted by atomic mass is 35.5. The highest BCUT2D eigenvalue weighted by Crippen LogP contribution is 2.58. The third kappa shape index (κ3) is 3.06. The van der Waals surface area contributed by atoms with E-state index in [1.165, 1.54) is 6.42 Å². The summed E-state index contributed by atoms with van der Waals surface area (Å²) in [5, 5.41) is 0.780. The van der Waals surface area contributed by atoms with Gasteiger partial charge in [0, 0.05) is 13.1 Å². The Morgan fingerprint density at radius 3 is 2.59 bits per heavy atom. The molecule has 1 saturated carbocycles. The smallest absolute Gasteiger partial charge is 0.263 e. The summed E-state index contributed by atoms with van der Waals surface area (Å²) in [6.07, 6.45) is 3.49. The van der Waals surface area contributed by atoms with Gasteiger partial charge in [0.05, 0.1) is 21.3 Å². The SMILES string of the molecule is Cc1c(N2CCC3(CC2)CC3CN)nc(C)n(-c2cccc(Cl)c2Cl)c1=O. The Kier molecular flexibility index (Phi) is 4.73. The number of anilines is 1. The summed E-state index contributed by atoms with van der Waals surface area (Å²) in [6.45, 7) is 6.30. The van der Waals surface area contributed by atoms with Crippen LogP contribution < -0.4 is 16.2 Å². The Hall–Kier alpha value is -1.56. The second-order valence-electron chi connectivity index (χ2n) is 7.81. The van der Waals surface area contributed by atoms with Gasteiger partial charge in [-0.2, -0.15) is 0 Å². The average molecular weight is 407 g/mol. The van der Waals surface area contributed by atoms with Crippen molar-refractivity contribution in [1.29, 1.82) is 0 Å². The molecule has 7 heteroatoms. The highest BCUT2D eigenvalue weighted by Gasteiger charge is 2.53. The van der Waals surface area contributed by atoms with Crippen LogP contribution in [0.2, 0.25) is 10.0 Å². The minimum absolute atomic E-state index is 0.104. The maximum atomic E-state index is 13.1. The lowest BCUT2D eigenvalue weighted by Crippen LogP contribution is -2.38. The molecule has 4 rings (SSSR count). The predicted octanol–water partition coefficient (Wildman–Crippen LogP) is 3.72. The van der Waals surface area contributed by atoms with Gasteiger partial charge in [0.2, 0.25) is 0 Å². The van der Waals surface area contributed by atoms with Crippen LogP contribution in [0.25, 0.3) is 5.69 Å². The molecule has 2 heterocycles. The lowest BCUT2D eigenvalue weighted by atomic mass is 9.90. The van der Waals surface area contributed by atoms with E-state index in [1.807, 2.05) is 13.8 Å². The number of nitrogens with two attached hydrogens (primary N) is 1. The van der Waals surface area contributed by atoms with Gasteiger partial charge in [0.1, 0.15) is 11.6 Å². The normalized spacial score (nSPS) is 20.9. The molecule has 0 bridgehead atoms. The number of aryl methyl sites for hydroxylation is 1. The van der Waals surface area contributed by atoms with Crippen molar-refractivity contribution in [2.24, 2.45) is 17.1 Å². The molecule has 0 amide bonds. The summed E-state index contributed by atoms with van der Waals surface area (Å²) in [5.41, 5.74) is 7.39. The average Bonchev–Trinajstić information content (AvgIpc) is 3.35. The summed E-state index contributed by atoms with van der Waals surface area (Å²) < 4.78 is 1.55. The van der Waals surface area contributed by atoms with Gasteiger partial charge in [0.15, 0.2) is 0 Å². The first-order valence-corrected chi connectivity index (χ1v) is 10.1. The Balaban J connectivity index is 1.67. The first-order valence-electron chi connectivity index (χ1n) is 9.37. The zero-order valence-corrected chi connectivity index (χ0v) is 17.1. The van der Waals surface area contributed by atoms with Crippen LogP contribution in [0.1, 0.15) is 30.7 Å². The van der Waals surface area contributed by atoms with Crippen molar-refractivity contribution >= 4 is 29.0 Å². The second kappa shape index (κ2) is 6.80. The first-order chi connectivity index (χ1) is 12.9. The number of halogens is 2. The molecule has 1 aliphatic carbocycles. The van der Waals surface area contributed by atoms with Crippen molar-refractivity contribution in [3.8, 4) is 5.69 Å². The molecule has 1 unspecified atom stereocenters. The summed E-state index contributed by atoms with van der Waals surface area (Å²) in [4.78, 5) is 20.1. The molecule has 1 saturated heterocycles. The quantitative estimate of drug-likeness (QED) is 0.843. The number of nitrogens with zero attached hydrogens (tertiary/aromatic N) is 3. The van der Waals surface area contributed by atoms with Crippen LogP contribution in [0.3, 0.4) is 0 Å². The zero-order chi connectivity index (χ0) is 19.3. The molecule has 0 radical (unpaired) electrons. The summed E-state index contributed by atoms with van der Waals surface area (Å²) in [5.74, 6) is 2.07. The van der Waals surface area contributed by atoms with Crippen molar-refractivity contribution in [2.45, 2.75) is 33.1 Å². The lowest BCUT2D eigenvalue weighted by molar-refractivity contribution is 0.349. The monoisotopic (exact) mass is 406 g/mol. The van der Waals surface area contributed by atoms with Crippen molar-refractivity contribution in [3.63, 3.8) is 0 Å². The second-order valence-corrected chi connectivity index (χ2v) is 8.59. The minimum atomic E-state index is -0.104. The van der Waals surface area contributed by atoms with Gasteiger partial charge < -0.3 is 10.6 Å². The molecule has 1 aromatic heterocycles. The molecule has 27 heavy (non-hydrogen) atoms. The van der Waals surface area contributed by atoms with Crippen molar-refractivity contribution < 1.29 is 0 Å². The minimum Gasteiger partial charge on any atom is -0.356 e. The predicted molar refractivity (Wildman–Crippen MR) is 110 cm³/mol. The van der Waals surface area contributed by atoms with Crippen LogP contribution in [-0.2, 0) is 0 Å². The van der Waals surface area contributed by atoms with Crippen LogP contribution >= 0.6 is 23.2 Å². The van der Waals surface area contributed by atoms with E-state index in [1.54, 1.807) is 22.8 Å². The molecular formula is C20H24Cl2N4O. The van der Waals surface area contributed by atoms with Gasteiger partial charge in [0.25, 0.3) is 5.56 Å².